The predicted molar refractivity (Wildman–Crippen MR) is 101 cm³/mol. The molecule has 27 heavy (non-hydrogen) atoms. The predicted octanol–water partition coefficient (Wildman–Crippen LogP) is 3.44. The van der Waals surface area contributed by atoms with E-state index in [2.05, 4.69) is 19.9 Å². The van der Waals surface area contributed by atoms with Gasteiger partial charge in [-0.3, -0.25) is 4.79 Å². The Kier molecular flexibility index (Phi) is 5.02. The molecule has 4 rings (SSSR count). The van der Waals surface area contributed by atoms with Crippen molar-refractivity contribution in [2.75, 3.05) is 13.1 Å². The summed E-state index contributed by atoms with van der Waals surface area (Å²) in [6.45, 7) is 8.38. The maximum atomic E-state index is 13.2. The van der Waals surface area contributed by atoms with Crippen molar-refractivity contribution in [1.82, 2.24) is 24.8 Å². The van der Waals surface area contributed by atoms with Crippen LogP contribution in [0.3, 0.4) is 0 Å². The lowest BCUT2D eigenvalue weighted by Gasteiger charge is -2.32. The van der Waals surface area contributed by atoms with E-state index in [-0.39, 0.29) is 17.7 Å². The fraction of sp³-hybridized carbons (Fsp3) is 0.700. The van der Waals surface area contributed by atoms with Crippen LogP contribution >= 0.6 is 0 Å². The van der Waals surface area contributed by atoms with Crippen LogP contribution in [-0.2, 0) is 13.0 Å². The SMILES string of the molecule is Cc1noc(C(C)C)c1C(=O)N1CCC[C@@H](c2nnc3n2CCCCC3)C1. The lowest BCUT2D eigenvalue weighted by atomic mass is 9.95. The highest BCUT2D eigenvalue weighted by atomic mass is 16.5. The van der Waals surface area contributed by atoms with Crippen molar-refractivity contribution in [3.63, 3.8) is 0 Å². The Hall–Kier alpha value is -2.18. The molecule has 7 heteroatoms. The number of hydrogen-bond donors (Lipinski definition) is 0. The van der Waals surface area contributed by atoms with Gasteiger partial charge >= 0.3 is 0 Å². The van der Waals surface area contributed by atoms with Crippen molar-refractivity contribution < 1.29 is 9.32 Å². The number of aryl methyl sites for hydroxylation is 2. The molecule has 1 amide bonds. The van der Waals surface area contributed by atoms with Crippen LogP contribution in [0.25, 0.3) is 0 Å². The van der Waals surface area contributed by atoms with Crippen LogP contribution in [0.4, 0.5) is 0 Å². The van der Waals surface area contributed by atoms with E-state index in [1.807, 2.05) is 25.7 Å². The number of likely N-dealkylation sites (tertiary alicyclic amines) is 1. The number of rotatable bonds is 3. The highest BCUT2D eigenvalue weighted by Gasteiger charge is 2.33. The fourth-order valence-electron chi connectivity index (χ4n) is 4.38. The summed E-state index contributed by atoms with van der Waals surface area (Å²) >= 11 is 0. The van der Waals surface area contributed by atoms with Gasteiger partial charge in [-0.05, 0) is 32.6 Å². The van der Waals surface area contributed by atoms with E-state index < -0.39 is 0 Å². The van der Waals surface area contributed by atoms with Crippen molar-refractivity contribution in [3.05, 3.63) is 28.7 Å². The number of piperidine rings is 1. The largest absolute Gasteiger partial charge is 0.360 e. The minimum atomic E-state index is 0.0396. The lowest BCUT2D eigenvalue weighted by Crippen LogP contribution is -2.40. The average molecular weight is 371 g/mol. The van der Waals surface area contributed by atoms with Gasteiger partial charge in [0, 0.05) is 37.9 Å². The van der Waals surface area contributed by atoms with Gasteiger partial charge in [0.2, 0.25) is 0 Å². The zero-order valence-corrected chi connectivity index (χ0v) is 16.6. The summed E-state index contributed by atoms with van der Waals surface area (Å²) in [6.07, 6.45) is 6.69. The molecule has 1 atom stereocenters. The summed E-state index contributed by atoms with van der Waals surface area (Å²) in [5.74, 6) is 3.30. The Morgan fingerprint density at radius 3 is 2.81 bits per heavy atom. The minimum Gasteiger partial charge on any atom is -0.360 e. The Morgan fingerprint density at radius 2 is 2.00 bits per heavy atom. The molecule has 0 aromatic carbocycles. The maximum Gasteiger partial charge on any atom is 0.259 e. The molecule has 0 unspecified atom stereocenters. The van der Waals surface area contributed by atoms with Crippen molar-refractivity contribution in [2.24, 2.45) is 0 Å². The molecule has 0 aliphatic carbocycles. The second-order valence-electron chi connectivity index (χ2n) is 8.19. The molecule has 0 radical (unpaired) electrons. The first-order chi connectivity index (χ1) is 13.1. The van der Waals surface area contributed by atoms with Gasteiger partial charge < -0.3 is 14.0 Å². The quantitative estimate of drug-likeness (QED) is 0.826. The first-order valence-electron chi connectivity index (χ1n) is 10.2. The second-order valence-corrected chi connectivity index (χ2v) is 8.19. The molecule has 2 aromatic rings. The highest BCUT2D eigenvalue weighted by molar-refractivity contribution is 5.96. The van der Waals surface area contributed by atoms with Crippen molar-refractivity contribution >= 4 is 5.91 Å². The molecule has 2 aliphatic rings. The molecule has 0 N–H and O–H groups in total. The molecule has 2 aliphatic heterocycles. The number of hydrogen-bond acceptors (Lipinski definition) is 5. The molecule has 7 nitrogen and oxygen atoms in total. The molecular formula is C20H29N5O2. The third-order valence-corrected chi connectivity index (χ3v) is 5.84. The normalized spacial score (nSPS) is 20.6. The van der Waals surface area contributed by atoms with Crippen molar-refractivity contribution in [2.45, 2.75) is 77.7 Å². The minimum absolute atomic E-state index is 0.0396. The van der Waals surface area contributed by atoms with Crippen LogP contribution in [0, 0.1) is 6.92 Å². The van der Waals surface area contributed by atoms with E-state index in [0.29, 0.717) is 23.6 Å². The highest BCUT2D eigenvalue weighted by Crippen LogP contribution is 2.30. The van der Waals surface area contributed by atoms with E-state index in [1.165, 1.54) is 19.3 Å². The zero-order chi connectivity index (χ0) is 19.0. The van der Waals surface area contributed by atoms with Crippen LogP contribution in [0.15, 0.2) is 4.52 Å². The topological polar surface area (TPSA) is 77.1 Å². The second kappa shape index (κ2) is 7.44. The third kappa shape index (κ3) is 3.39. The summed E-state index contributed by atoms with van der Waals surface area (Å²) in [6, 6.07) is 0. The van der Waals surface area contributed by atoms with E-state index in [4.69, 9.17) is 4.52 Å². The van der Waals surface area contributed by atoms with Gasteiger partial charge in [0.25, 0.3) is 5.91 Å². The van der Waals surface area contributed by atoms with E-state index in [0.717, 1.165) is 44.0 Å². The number of nitrogens with zero attached hydrogens (tertiary/aromatic N) is 5. The molecule has 2 aromatic heterocycles. The van der Waals surface area contributed by atoms with Gasteiger partial charge in [-0.25, -0.2) is 0 Å². The third-order valence-electron chi connectivity index (χ3n) is 5.84. The molecular weight excluding hydrogens is 342 g/mol. The number of fused-ring (bicyclic) bond motifs is 1. The van der Waals surface area contributed by atoms with Crippen LogP contribution < -0.4 is 0 Å². The van der Waals surface area contributed by atoms with E-state index >= 15 is 0 Å². The number of carbonyl (C=O) groups is 1. The van der Waals surface area contributed by atoms with E-state index in [1.54, 1.807) is 0 Å². The molecule has 0 bridgehead atoms. The molecule has 146 valence electrons. The molecule has 1 fully saturated rings. The Labute approximate surface area is 160 Å². The summed E-state index contributed by atoms with van der Waals surface area (Å²) in [4.78, 5) is 15.2. The molecule has 1 saturated heterocycles. The molecule has 0 saturated carbocycles. The maximum absolute atomic E-state index is 13.2. The van der Waals surface area contributed by atoms with Crippen LogP contribution in [0.1, 0.15) is 91.2 Å². The standard InChI is InChI=1S/C20H29N5O2/c1-13(2)18-17(14(3)23-27-18)20(26)24-10-7-8-15(12-24)19-22-21-16-9-5-4-6-11-25(16)19/h13,15H,4-12H2,1-3H3/t15-/m1/s1. The van der Waals surface area contributed by atoms with Crippen molar-refractivity contribution in [3.8, 4) is 0 Å². The van der Waals surface area contributed by atoms with Gasteiger partial charge in [-0.1, -0.05) is 25.4 Å². The Morgan fingerprint density at radius 1 is 1.15 bits per heavy atom. The van der Waals surface area contributed by atoms with Crippen LogP contribution in [0.2, 0.25) is 0 Å². The smallest absolute Gasteiger partial charge is 0.259 e. The van der Waals surface area contributed by atoms with Crippen molar-refractivity contribution in [1.29, 1.82) is 0 Å². The van der Waals surface area contributed by atoms with Gasteiger partial charge in [0.05, 0.1) is 5.69 Å². The van der Waals surface area contributed by atoms with Gasteiger partial charge in [-0.15, -0.1) is 10.2 Å². The first-order valence-corrected chi connectivity index (χ1v) is 10.2. The van der Waals surface area contributed by atoms with Gasteiger partial charge in [-0.2, -0.15) is 0 Å². The van der Waals surface area contributed by atoms with Crippen LogP contribution in [0.5, 0.6) is 0 Å². The number of amides is 1. The summed E-state index contributed by atoms with van der Waals surface area (Å²) in [7, 11) is 0. The zero-order valence-electron chi connectivity index (χ0n) is 16.6. The number of aromatic nitrogens is 4. The van der Waals surface area contributed by atoms with Gasteiger partial charge in [0.1, 0.15) is 17.2 Å². The summed E-state index contributed by atoms with van der Waals surface area (Å²) < 4.78 is 7.75. The molecule has 0 spiro atoms. The fourth-order valence-corrected chi connectivity index (χ4v) is 4.38. The Balaban J connectivity index is 1.56. The first kappa shape index (κ1) is 18.2. The Bertz CT molecular complexity index is 822. The van der Waals surface area contributed by atoms with Crippen LogP contribution in [-0.4, -0.2) is 43.8 Å². The van der Waals surface area contributed by atoms with Gasteiger partial charge in [0.15, 0.2) is 5.76 Å². The van der Waals surface area contributed by atoms with E-state index in [9.17, 15) is 4.79 Å². The monoisotopic (exact) mass is 371 g/mol. The number of carbonyl (C=O) groups excluding carboxylic acids is 1. The lowest BCUT2D eigenvalue weighted by molar-refractivity contribution is 0.0699. The summed E-state index contributed by atoms with van der Waals surface area (Å²) in [5.41, 5.74) is 1.33. The summed E-state index contributed by atoms with van der Waals surface area (Å²) in [5, 5.41) is 13.0. The molecule has 4 heterocycles. The average Bonchev–Trinajstić information content (AvgIpc) is 3.17.